The van der Waals surface area contributed by atoms with Crippen molar-refractivity contribution < 1.29 is 9.90 Å². The minimum absolute atomic E-state index is 0.237. The Morgan fingerprint density at radius 1 is 1.53 bits per heavy atom. The number of carbonyl (C=O) groups is 1. The Balaban J connectivity index is 3.34. The molecule has 1 N–H and O–H groups in total. The summed E-state index contributed by atoms with van der Waals surface area (Å²) in [5.74, 6) is -0.965. The van der Waals surface area contributed by atoms with Crippen LogP contribution < -0.4 is 0 Å². The lowest BCUT2D eigenvalue weighted by Gasteiger charge is -1.97. The van der Waals surface area contributed by atoms with E-state index in [9.17, 15) is 4.79 Å². The molecule has 0 saturated heterocycles. The number of rotatable bonds is 4. The van der Waals surface area contributed by atoms with Crippen molar-refractivity contribution in [3.8, 4) is 0 Å². The molecule has 0 saturated carbocycles. The van der Waals surface area contributed by atoms with Gasteiger partial charge in [0.05, 0.1) is 10.7 Å². The van der Waals surface area contributed by atoms with Crippen LogP contribution in [0.5, 0.6) is 0 Å². The van der Waals surface area contributed by atoms with Crippen molar-refractivity contribution in [3.05, 3.63) is 47.0 Å². The smallest absolute Gasteiger partial charge is 0.348 e. The highest BCUT2D eigenvalue weighted by Gasteiger charge is 2.16. The quantitative estimate of drug-likeness (QED) is 0.795. The van der Waals surface area contributed by atoms with Crippen molar-refractivity contribution in [2.45, 2.75) is 6.92 Å². The highest BCUT2D eigenvalue weighted by molar-refractivity contribution is 7.13. The van der Waals surface area contributed by atoms with Gasteiger partial charge in [0.1, 0.15) is 4.88 Å². The lowest BCUT2D eigenvalue weighted by atomic mass is 10.1. The second-order valence-corrected chi connectivity index (χ2v) is 3.98. The van der Waals surface area contributed by atoms with Crippen LogP contribution in [0.15, 0.2) is 31.4 Å². The van der Waals surface area contributed by atoms with E-state index in [1.807, 2.05) is 0 Å². The first kappa shape index (κ1) is 11.4. The van der Waals surface area contributed by atoms with E-state index in [2.05, 4.69) is 18.1 Å². The average Bonchev–Trinajstić information content (AvgIpc) is 2.56. The standard InChI is InChI=1S/C11H11NO2S/c1-4-6-8(5-2)9-10(11(13)14)15-7(3)12-9/h4-6H,1-2H2,3H3,(H,13,14)/b8-6+. The Morgan fingerprint density at radius 3 is 2.67 bits per heavy atom. The second kappa shape index (κ2) is 4.70. The maximum absolute atomic E-state index is 10.9. The molecule has 0 unspecified atom stereocenters. The van der Waals surface area contributed by atoms with Crippen molar-refractivity contribution in [2.24, 2.45) is 0 Å². The Hall–Kier alpha value is -1.68. The molecular weight excluding hydrogens is 210 g/mol. The zero-order valence-corrected chi connectivity index (χ0v) is 9.17. The van der Waals surface area contributed by atoms with Crippen LogP contribution in [0.3, 0.4) is 0 Å². The van der Waals surface area contributed by atoms with E-state index >= 15 is 0 Å². The summed E-state index contributed by atoms with van der Waals surface area (Å²) in [7, 11) is 0. The van der Waals surface area contributed by atoms with Crippen LogP contribution in [0.25, 0.3) is 5.57 Å². The van der Waals surface area contributed by atoms with E-state index < -0.39 is 5.97 Å². The lowest BCUT2D eigenvalue weighted by Crippen LogP contribution is -1.97. The average molecular weight is 221 g/mol. The Labute approximate surface area is 92.1 Å². The van der Waals surface area contributed by atoms with E-state index in [1.54, 1.807) is 25.2 Å². The SMILES string of the molecule is C=C/C=C(\C=C)c1nc(C)sc1C(=O)O. The molecule has 1 rings (SSSR count). The van der Waals surface area contributed by atoms with E-state index in [-0.39, 0.29) is 4.88 Å². The molecule has 0 radical (unpaired) electrons. The largest absolute Gasteiger partial charge is 0.477 e. The maximum Gasteiger partial charge on any atom is 0.348 e. The minimum Gasteiger partial charge on any atom is -0.477 e. The van der Waals surface area contributed by atoms with Crippen LogP contribution in [0.2, 0.25) is 0 Å². The molecule has 1 aromatic heterocycles. The molecule has 15 heavy (non-hydrogen) atoms. The van der Waals surface area contributed by atoms with Gasteiger partial charge >= 0.3 is 5.97 Å². The van der Waals surface area contributed by atoms with E-state index in [4.69, 9.17) is 5.11 Å². The first-order valence-electron chi connectivity index (χ1n) is 4.26. The Morgan fingerprint density at radius 2 is 2.20 bits per heavy atom. The molecule has 4 heteroatoms. The number of thiazole rings is 1. The molecule has 0 aliphatic heterocycles. The number of nitrogens with zero attached hydrogens (tertiary/aromatic N) is 1. The van der Waals surface area contributed by atoms with Gasteiger partial charge in [-0.3, -0.25) is 0 Å². The van der Waals surface area contributed by atoms with Gasteiger partial charge in [-0.2, -0.15) is 0 Å². The van der Waals surface area contributed by atoms with Crippen LogP contribution in [0.4, 0.5) is 0 Å². The molecule has 0 amide bonds. The van der Waals surface area contributed by atoms with Gasteiger partial charge in [0, 0.05) is 5.57 Å². The Kier molecular flexibility index (Phi) is 3.57. The fourth-order valence-corrected chi connectivity index (χ4v) is 1.92. The molecular formula is C11H11NO2S. The van der Waals surface area contributed by atoms with Crippen molar-refractivity contribution in [3.63, 3.8) is 0 Å². The number of allylic oxidation sites excluding steroid dienone is 4. The monoisotopic (exact) mass is 221 g/mol. The predicted octanol–water partition coefficient (Wildman–Crippen LogP) is 2.91. The van der Waals surface area contributed by atoms with Crippen molar-refractivity contribution >= 4 is 22.9 Å². The van der Waals surface area contributed by atoms with Crippen molar-refractivity contribution in [1.29, 1.82) is 0 Å². The van der Waals surface area contributed by atoms with Crippen LogP contribution >= 0.6 is 11.3 Å². The van der Waals surface area contributed by atoms with Gasteiger partial charge in [0.25, 0.3) is 0 Å². The summed E-state index contributed by atoms with van der Waals surface area (Å²) in [5, 5.41) is 9.70. The van der Waals surface area contributed by atoms with Crippen LogP contribution in [0.1, 0.15) is 20.4 Å². The first-order chi connectivity index (χ1) is 7.10. The summed E-state index contributed by atoms with van der Waals surface area (Å²) in [6.45, 7) is 8.95. The van der Waals surface area contributed by atoms with Crippen LogP contribution in [-0.4, -0.2) is 16.1 Å². The van der Waals surface area contributed by atoms with E-state index in [1.165, 1.54) is 0 Å². The molecule has 1 heterocycles. The molecule has 0 atom stereocenters. The summed E-state index contributed by atoms with van der Waals surface area (Å²) in [5.41, 5.74) is 1.13. The fraction of sp³-hybridized carbons (Fsp3) is 0.0909. The molecule has 0 fully saturated rings. The number of aromatic nitrogens is 1. The first-order valence-corrected chi connectivity index (χ1v) is 5.08. The van der Waals surface area contributed by atoms with Gasteiger partial charge in [-0.15, -0.1) is 11.3 Å². The summed E-state index contributed by atoms with van der Waals surface area (Å²) in [6, 6.07) is 0. The zero-order valence-electron chi connectivity index (χ0n) is 8.36. The van der Waals surface area contributed by atoms with Gasteiger partial charge in [0.2, 0.25) is 0 Å². The second-order valence-electron chi connectivity index (χ2n) is 2.78. The third-order valence-electron chi connectivity index (χ3n) is 1.72. The zero-order chi connectivity index (χ0) is 11.4. The molecule has 0 spiro atoms. The number of aryl methyl sites for hydroxylation is 1. The number of aromatic carboxylic acids is 1. The van der Waals surface area contributed by atoms with Crippen molar-refractivity contribution in [1.82, 2.24) is 4.98 Å². The summed E-state index contributed by atoms with van der Waals surface area (Å²) in [4.78, 5) is 15.4. The van der Waals surface area contributed by atoms with E-state index in [0.29, 0.717) is 11.3 Å². The molecule has 0 aliphatic rings. The third kappa shape index (κ3) is 2.41. The number of carboxylic acids is 1. The third-order valence-corrected chi connectivity index (χ3v) is 2.68. The lowest BCUT2D eigenvalue weighted by molar-refractivity contribution is 0.0701. The summed E-state index contributed by atoms with van der Waals surface area (Å²) in [6.07, 6.45) is 4.84. The molecule has 0 aromatic carbocycles. The molecule has 3 nitrogen and oxygen atoms in total. The predicted molar refractivity (Wildman–Crippen MR) is 62.2 cm³/mol. The number of carboxylic acid groups (broad SMARTS) is 1. The molecule has 78 valence electrons. The minimum atomic E-state index is -0.965. The van der Waals surface area contributed by atoms with Gasteiger partial charge in [0.15, 0.2) is 0 Å². The van der Waals surface area contributed by atoms with Gasteiger partial charge in [-0.1, -0.05) is 31.4 Å². The molecule has 0 aliphatic carbocycles. The number of hydrogen-bond donors (Lipinski definition) is 1. The summed E-state index contributed by atoms with van der Waals surface area (Å²) < 4.78 is 0. The highest BCUT2D eigenvalue weighted by atomic mass is 32.1. The van der Waals surface area contributed by atoms with Crippen LogP contribution in [0, 0.1) is 6.92 Å². The van der Waals surface area contributed by atoms with Gasteiger partial charge < -0.3 is 5.11 Å². The van der Waals surface area contributed by atoms with Crippen molar-refractivity contribution in [2.75, 3.05) is 0 Å². The van der Waals surface area contributed by atoms with E-state index in [0.717, 1.165) is 16.3 Å². The highest BCUT2D eigenvalue weighted by Crippen LogP contribution is 2.25. The van der Waals surface area contributed by atoms with Gasteiger partial charge in [-0.05, 0) is 6.92 Å². The topological polar surface area (TPSA) is 50.2 Å². The molecule has 1 aromatic rings. The normalized spacial score (nSPS) is 11.1. The summed E-state index contributed by atoms with van der Waals surface area (Å²) >= 11 is 1.16. The fourth-order valence-electron chi connectivity index (χ4n) is 1.14. The maximum atomic E-state index is 10.9. The molecule has 0 bridgehead atoms. The number of hydrogen-bond acceptors (Lipinski definition) is 3. The Bertz CT molecular complexity index is 443. The van der Waals surface area contributed by atoms with Crippen LogP contribution in [-0.2, 0) is 0 Å². The van der Waals surface area contributed by atoms with Gasteiger partial charge in [-0.25, -0.2) is 9.78 Å².